The normalized spacial score (nSPS) is 15.6. The van der Waals surface area contributed by atoms with Gasteiger partial charge in [0, 0.05) is 37.7 Å². The highest BCUT2D eigenvalue weighted by Crippen LogP contribution is 2.32. The van der Waals surface area contributed by atoms with E-state index in [0.717, 1.165) is 36.7 Å². The summed E-state index contributed by atoms with van der Waals surface area (Å²) in [6.07, 6.45) is 0. The van der Waals surface area contributed by atoms with E-state index in [1.54, 1.807) is 29.2 Å². The van der Waals surface area contributed by atoms with Crippen LogP contribution in [0.4, 0.5) is 0 Å². The maximum atomic E-state index is 12.4. The van der Waals surface area contributed by atoms with Gasteiger partial charge in [0.2, 0.25) is 12.7 Å². The maximum absolute atomic E-state index is 12.4. The molecule has 0 aromatic heterocycles. The molecular weight excluding hydrogens is 422 g/mol. The first-order valence-electron chi connectivity index (χ1n) is 10.1. The van der Waals surface area contributed by atoms with Gasteiger partial charge in [0.25, 0.3) is 5.91 Å². The van der Waals surface area contributed by atoms with E-state index in [9.17, 15) is 9.59 Å². The molecule has 8 nitrogen and oxygen atoms in total. The molecule has 9 heteroatoms. The fourth-order valence-electron chi connectivity index (χ4n) is 3.47. The van der Waals surface area contributed by atoms with Crippen LogP contribution in [0.25, 0.3) is 0 Å². The predicted molar refractivity (Wildman–Crippen MR) is 114 cm³/mol. The summed E-state index contributed by atoms with van der Waals surface area (Å²) < 4.78 is 16.2. The van der Waals surface area contributed by atoms with Crippen LogP contribution in [0.5, 0.6) is 17.2 Å². The second-order valence-corrected chi connectivity index (χ2v) is 7.80. The highest BCUT2D eigenvalue weighted by atomic mass is 35.5. The summed E-state index contributed by atoms with van der Waals surface area (Å²) in [4.78, 5) is 28.4. The van der Waals surface area contributed by atoms with Gasteiger partial charge in [-0.2, -0.15) is 0 Å². The SMILES string of the molecule is O=C(COc1ccc(Cl)cc1)NCC(=O)N1CCN(Cc2ccc3c(c2)OCO3)CC1. The minimum absolute atomic E-state index is 0.0367. The lowest BCUT2D eigenvalue weighted by atomic mass is 10.1. The maximum Gasteiger partial charge on any atom is 0.258 e. The second kappa shape index (κ2) is 9.89. The summed E-state index contributed by atoms with van der Waals surface area (Å²) in [6.45, 7) is 3.66. The van der Waals surface area contributed by atoms with E-state index >= 15 is 0 Å². The largest absolute Gasteiger partial charge is 0.484 e. The van der Waals surface area contributed by atoms with E-state index in [1.807, 2.05) is 18.2 Å². The van der Waals surface area contributed by atoms with Gasteiger partial charge < -0.3 is 24.4 Å². The summed E-state index contributed by atoms with van der Waals surface area (Å²) in [5, 5.41) is 3.21. The molecule has 2 aromatic carbocycles. The van der Waals surface area contributed by atoms with Crippen LogP contribution in [0.2, 0.25) is 5.02 Å². The van der Waals surface area contributed by atoms with Crippen molar-refractivity contribution in [1.82, 2.24) is 15.1 Å². The number of piperazine rings is 1. The molecule has 4 rings (SSSR count). The van der Waals surface area contributed by atoms with Gasteiger partial charge in [0.1, 0.15) is 5.75 Å². The number of fused-ring (bicyclic) bond motifs is 1. The monoisotopic (exact) mass is 445 g/mol. The lowest BCUT2D eigenvalue weighted by Gasteiger charge is -2.34. The van der Waals surface area contributed by atoms with Gasteiger partial charge in [-0.25, -0.2) is 0 Å². The Labute approximate surface area is 185 Å². The molecule has 2 aliphatic rings. The van der Waals surface area contributed by atoms with Gasteiger partial charge in [0.05, 0.1) is 6.54 Å². The van der Waals surface area contributed by atoms with E-state index in [0.29, 0.717) is 23.9 Å². The number of rotatable bonds is 7. The number of halogens is 1. The first kappa shape index (κ1) is 21.3. The highest BCUT2D eigenvalue weighted by Gasteiger charge is 2.22. The molecule has 1 N–H and O–H groups in total. The standard InChI is InChI=1S/C22H24ClN3O5/c23-17-2-4-18(5-3-17)29-14-21(27)24-12-22(28)26-9-7-25(8-10-26)13-16-1-6-19-20(11-16)31-15-30-19/h1-6,11H,7-10,12-15H2,(H,24,27). The summed E-state index contributed by atoms with van der Waals surface area (Å²) in [5.74, 6) is 1.67. The third kappa shape index (κ3) is 5.80. The van der Waals surface area contributed by atoms with Gasteiger partial charge in [0.15, 0.2) is 18.1 Å². The molecule has 0 aliphatic carbocycles. The van der Waals surface area contributed by atoms with E-state index in [1.165, 1.54) is 0 Å². The predicted octanol–water partition coefficient (Wildman–Crippen LogP) is 1.91. The van der Waals surface area contributed by atoms with Crippen molar-refractivity contribution in [2.75, 3.05) is 46.1 Å². The molecule has 1 saturated heterocycles. The Balaban J connectivity index is 1.15. The lowest BCUT2D eigenvalue weighted by Crippen LogP contribution is -2.51. The molecule has 2 heterocycles. The van der Waals surface area contributed by atoms with Gasteiger partial charge in [-0.05, 0) is 42.0 Å². The molecule has 0 spiro atoms. The molecule has 0 unspecified atom stereocenters. The first-order valence-corrected chi connectivity index (χ1v) is 10.5. The quantitative estimate of drug-likeness (QED) is 0.701. The topological polar surface area (TPSA) is 80.3 Å². The smallest absolute Gasteiger partial charge is 0.258 e. The lowest BCUT2D eigenvalue weighted by molar-refractivity contribution is -0.134. The van der Waals surface area contributed by atoms with Crippen LogP contribution >= 0.6 is 11.6 Å². The average molecular weight is 446 g/mol. The van der Waals surface area contributed by atoms with Crippen molar-refractivity contribution in [1.29, 1.82) is 0 Å². The van der Waals surface area contributed by atoms with Gasteiger partial charge in [-0.1, -0.05) is 17.7 Å². The number of hydrogen-bond acceptors (Lipinski definition) is 6. The van der Waals surface area contributed by atoms with Crippen molar-refractivity contribution < 1.29 is 23.8 Å². The number of benzene rings is 2. The molecule has 0 atom stereocenters. The van der Waals surface area contributed by atoms with Crippen molar-refractivity contribution >= 4 is 23.4 Å². The summed E-state index contributed by atoms with van der Waals surface area (Å²) in [7, 11) is 0. The minimum atomic E-state index is -0.343. The Morgan fingerprint density at radius 3 is 2.52 bits per heavy atom. The zero-order chi connectivity index (χ0) is 21.6. The van der Waals surface area contributed by atoms with Gasteiger partial charge >= 0.3 is 0 Å². The number of nitrogens with one attached hydrogen (secondary N) is 1. The molecule has 2 amide bonds. The van der Waals surface area contributed by atoms with Crippen LogP contribution in [0, 0.1) is 0 Å². The van der Waals surface area contributed by atoms with Crippen LogP contribution in [-0.2, 0) is 16.1 Å². The van der Waals surface area contributed by atoms with Crippen LogP contribution in [0.3, 0.4) is 0 Å². The second-order valence-electron chi connectivity index (χ2n) is 7.36. The van der Waals surface area contributed by atoms with Crippen molar-refractivity contribution in [3.8, 4) is 17.2 Å². The van der Waals surface area contributed by atoms with Crippen LogP contribution in [0.1, 0.15) is 5.56 Å². The molecule has 1 fully saturated rings. The molecule has 31 heavy (non-hydrogen) atoms. The van der Waals surface area contributed by atoms with E-state index in [-0.39, 0.29) is 31.8 Å². The fourth-order valence-corrected chi connectivity index (χ4v) is 3.60. The van der Waals surface area contributed by atoms with Gasteiger partial charge in [-0.15, -0.1) is 0 Å². The molecular formula is C22H24ClN3O5. The minimum Gasteiger partial charge on any atom is -0.484 e. The van der Waals surface area contributed by atoms with Crippen LogP contribution < -0.4 is 19.5 Å². The Kier molecular flexibility index (Phi) is 6.79. The summed E-state index contributed by atoms with van der Waals surface area (Å²) in [6, 6.07) is 12.7. The van der Waals surface area contributed by atoms with Crippen LogP contribution in [-0.4, -0.2) is 67.7 Å². The zero-order valence-electron chi connectivity index (χ0n) is 17.0. The third-order valence-corrected chi connectivity index (χ3v) is 5.44. The van der Waals surface area contributed by atoms with Crippen molar-refractivity contribution in [3.05, 3.63) is 53.1 Å². The summed E-state index contributed by atoms with van der Waals surface area (Å²) >= 11 is 5.81. The Bertz CT molecular complexity index is 929. The fraction of sp³-hybridized carbons (Fsp3) is 0.364. The molecule has 164 valence electrons. The first-order chi connectivity index (χ1) is 15.1. The van der Waals surface area contributed by atoms with Crippen molar-refractivity contribution in [3.63, 3.8) is 0 Å². The number of hydrogen-bond donors (Lipinski definition) is 1. The summed E-state index contributed by atoms with van der Waals surface area (Å²) in [5.41, 5.74) is 1.15. The zero-order valence-corrected chi connectivity index (χ0v) is 17.8. The Morgan fingerprint density at radius 2 is 1.74 bits per heavy atom. The van der Waals surface area contributed by atoms with E-state index < -0.39 is 0 Å². The number of carbonyl (C=O) groups excluding carboxylic acids is 2. The third-order valence-electron chi connectivity index (χ3n) is 5.19. The average Bonchev–Trinajstić information content (AvgIpc) is 3.25. The Morgan fingerprint density at radius 1 is 1.00 bits per heavy atom. The molecule has 2 aliphatic heterocycles. The number of nitrogens with zero attached hydrogens (tertiary/aromatic N) is 2. The molecule has 0 bridgehead atoms. The number of amides is 2. The van der Waals surface area contributed by atoms with E-state index in [2.05, 4.69) is 10.2 Å². The molecule has 0 radical (unpaired) electrons. The Hall–Kier alpha value is -2.97. The highest BCUT2D eigenvalue weighted by molar-refractivity contribution is 6.30. The number of ether oxygens (including phenoxy) is 3. The van der Waals surface area contributed by atoms with Crippen molar-refractivity contribution in [2.24, 2.45) is 0 Å². The molecule has 0 saturated carbocycles. The van der Waals surface area contributed by atoms with Crippen LogP contribution in [0.15, 0.2) is 42.5 Å². The van der Waals surface area contributed by atoms with Gasteiger partial charge in [-0.3, -0.25) is 14.5 Å². The molecule has 2 aromatic rings. The van der Waals surface area contributed by atoms with E-state index in [4.69, 9.17) is 25.8 Å². The number of carbonyl (C=O) groups is 2. The van der Waals surface area contributed by atoms with Crippen molar-refractivity contribution in [2.45, 2.75) is 6.54 Å².